The van der Waals surface area contributed by atoms with Crippen molar-refractivity contribution in [2.45, 2.75) is 38.8 Å². The monoisotopic (exact) mass is 347 g/mol. The molecular weight excluding hydrogens is 321 g/mol. The molecule has 2 saturated heterocycles. The first kappa shape index (κ1) is 17.9. The van der Waals surface area contributed by atoms with Crippen LogP contribution in [0.15, 0.2) is 24.3 Å². The molecule has 2 fully saturated rings. The van der Waals surface area contributed by atoms with Crippen molar-refractivity contribution in [3.63, 3.8) is 0 Å². The number of rotatable bonds is 2. The van der Waals surface area contributed by atoms with Gasteiger partial charge in [-0.05, 0) is 51.0 Å². The number of carbonyl (C=O) groups excluding carboxylic acids is 2. The number of nitrogens with zero attached hydrogens (tertiary/aromatic N) is 2. The van der Waals surface area contributed by atoms with Gasteiger partial charge in [0.1, 0.15) is 5.82 Å². The summed E-state index contributed by atoms with van der Waals surface area (Å²) in [5.41, 5.74) is 0.471. The van der Waals surface area contributed by atoms with Crippen LogP contribution in [0.1, 0.15) is 37.0 Å². The van der Waals surface area contributed by atoms with Crippen LogP contribution in [-0.2, 0) is 4.79 Å². The van der Waals surface area contributed by atoms with Gasteiger partial charge in [0.15, 0.2) is 0 Å². The fourth-order valence-electron chi connectivity index (χ4n) is 3.74. The van der Waals surface area contributed by atoms with E-state index in [9.17, 15) is 14.0 Å². The highest BCUT2D eigenvalue weighted by Gasteiger charge is 2.35. The normalized spacial score (nSPS) is 27.2. The zero-order valence-corrected chi connectivity index (χ0v) is 14.9. The average molecular weight is 347 g/mol. The van der Waals surface area contributed by atoms with Gasteiger partial charge < -0.3 is 15.1 Å². The van der Waals surface area contributed by atoms with Gasteiger partial charge in [-0.3, -0.25) is 9.59 Å². The van der Waals surface area contributed by atoms with E-state index < -0.39 is 0 Å². The van der Waals surface area contributed by atoms with E-state index in [2.05, 4.69) is 19.2 Å². The fourth-order valence-corrected chi connectivity index (χ4v) is 3.74. The van der Waals surface area contributed by atoms with E-state index in [4.69, 9.17) is 0 Å². The predicted octanol–water partition coefficient (Wildman–Crippen LogP) is 1.89. The van der Waals surface area contributed by atoms with Crippen molar-refractivity contribution in [3.05, 3.63) is 35.6 Å². The second-order valence-electron chi connectivity index (χ2n) is 7.11. The van der Waals surface area contributed by atoms with E-state index >= 15 is 0 Å². The second kappa shape index (κ2) is 7.52. The molecule has 0 spiro atoms. The first-order valence-electron chi connectivity index (χ1n) is 9.06. The number of amides is 2. The highest BCUT2D eigenvalue weighted by Crippen LogP contribution is 2.23. The van der Waals surface area contributed by atoms with Gasteiger partial charge in [-0.25, -0.2) is 4.39 Å². The summed E-state index contributed by atoms with van der Waals surface area (Å²) < 4.78 is 13.1. The van der Waals surface area contributed by atoms with E-state index in [1.165, 1.54) is 24.3 Å². The van der Waals surface area contributed by atoms with Crippen molar-refractivity contribution < 1.29 is 14.0 Å². The molecule has 2 heterocycles. The molecule has 2 aliphatic heterocycles. The third-order valence-electron chi connectivity index (χ3n) is 5.47. The summed E-state index contributed by atoms with van der Waals surface area (Å²) in [6, 6.07) is 6.03. The summed E-state index contributed by atoms with van der Waals surface area (Å²) >= 11 is 0. The number of piperazine rings is 1. The standard InChI is InChI=1S/C19H26FN3O2/c1-13-14(2)23(11-9-21-13)19(25)16-4-3-10-22(12-16)18(24)15-5-7-17(20)8-6-15/h5-8,13-14,16,21H,3-4,9-12H2,1-2H3. The van der Waals surface area contributed by atoms with Gasteiger partial charge in [-0.1, -0.05) is 0 Å². The Balaban J connectivity index is 1.67. The zero-order valence-electron chi connectivity index (χ0n) is 14.9. The molecule has 6 heteroatoms. The third-order valence-corrected chi connectivity index (χ3v) is 5.47. The number of hydrogen-bond acceptors (Lipinski definition) is 3. The number of likely N-dealkylation sites (tertiary alicyclic amines) is 1. The number of hydrogen-bond donors (Lipinski definition) is 1. The Morgan fingerprint density at radius 2 is 1.88 bits per heavy atom. The summed E-state index contributed by atoms with van der Waals surface area (Å²) in [6.07, 6.45) is 1.64. The summed E-state index contributed by atoms with van der Waals surface area (Å²) in [4.78, 5) is 29.3. The van der Waals surface area contributed by atoms with Crippen molar-refractivity contribution in [2.24, 2.45) is 5.92 Å². The van der Waals surface area contributed by atoms with Gasteiger partial charge in [0, 0.05) is 43.8 Å². The Labute approximate surface area is 148 Å². The fraction of sp³-hybridized carbons (Fsp3) is 0.579. The first-order chi connectivity index (χ1) is 12.0. The molecule has 1 aromatic carbocycles. The summed E-state index contributed by atoms with van der Waals surface area (Å²) in [6.45, 7) is 6.77. The highest BCUT2D eigenvalue weighted by molar-refractivity contribution is 5.94. The predicted molar refractivity (Wildman–Crippen MR) is 93.7 cm³/mol. The van der Waals surface area contributed by atoms with E-state index in [0.29, 0.717) is 25.2 Å². The van der Waals surface area contributed by atoms with Crippen LogP contribution < -0.4 is 5.32 Å². The van der Waals surface area contributed by atoms with E-state index in [1.54, 1.807) is 4.90 Å². The quantitative estimate of drug-likeness (QED) is 0.889. The molecule has 0 radical (unpaired) electrons. The summed E-state index contributed by atoms with van der Waals surface area (Å²) in [7, 11) is 0. The van der Waals surface area contributed by atoms with Gasteiger partial charge in [0.05, 0.1) is 5.92 Å². The Bertz CT molecular complexity index is 634. The maximum absolute atomic E-state index is 13.1. The molecule has 1 aromatic rings. The number of halogens is 1. The van der Waals surface area contributed by atoms with Crippen LogP contribution in [0.2, 0.25) is 0 Å². The molecule has 0 aliphatic carbocycles. The summed E-state index contributed by atoms with van der Waals surface area (Å²) in [5, 5.41) is 3.38. The Morgan fingerprint density at radius 1 is 1.16 bits per heavy atom. The van der Waals surface area contributed by atoms with Crippen molar-refractivity contribution in [1.82, 2.24) is 15.1 Å². The third kappa shape index (κ3) is 3.84. The Morgan fingerprint density at radius 3 is 2.60 bits per heavy atom. The van der Waals surface area contributed by atoms with Crippen molar-refractivity contribution in [3.8, 4) is 0 Å². The Kier molecular flexibility index (Phi) is 5.37. The van der Waals surface area contributed by atoms with Gasteiger partial charge in [0.2, 0.25) is 5.91 Å². The molecule has 3 atom stereocenters. The maximum Gasteiger partial charge on any atom is 0.253 e. The molecular formula is C19H26FN3O2. The molecule has 25 heavy (non-hydrogen) atoms. The topological polar surface area (TPSA) is 52.7 Å². The minimum atomic E-state index is -0.356. The lowest BCUT2D eigenvalue weighted by molar-refractivity contribution is -0.140. The van der Waals surface area contributed by atoms with Gasteiger partial charge in [-0.15, -0.1) is 0 Å². The lowest BCUT2D eigenvalue weighted by atomic mass is 9.94. The largest absolute Gasteiger partial charge is 0.338 e. The van der Waals surface area contributed by atoms with Gasteiger partial charge in [-0.2, -0.15) is 0 Å². The van der Waals surface area contributed by atoms with E-state index in [1.807, 2.05) is 4.90 Å². The number of piperidine rings is 1. The molecule has 0 bridgehead atoms. The van der Waals surface area contributed by atoms with Crippen molar-refractivity contribution in [2.75, 3.05) is 26.2 Å². The van der Waals surface area contributed by atoms with E-state index in [-0.39, 0.29) is 35.6 Å². The van der Waals surface area contributed by atoms with Crippen molar-refractivity contribution >= 4 is 11.8 Å². The molecule has 2 aliphatic rings. The highest BCUT2D eigenvalue weighted by atomic mass is 19.1. The SMILES string of the molecule is CC1NCCN(C(=O)C2CCCN(C(=O)c3ccc(F)cc3)C2)C1C. The minimum absolute atomic E-state index is 0.126. The average Bonchev–Trinajstić information content (AvgIpc) is 2.63. The molecule has 0 saturated carbocycles. The van der Waals surface area contributed by atoms with Crippen LogP contribution in [0.3, 0.4) is 0 Å². The van der Waals surface area contributed by atoms with Crippen LogP contribution in [-0.4, -0.2) is 59.9 Å². The zero-order chi connectivity index (χ0) is 18.0. The van der Waals surface area contributed by atoms with Crippen LogP contribution in [0.25, 0.3) is 0 Å². The lowest BCUT2D eigenvalue weighted by Gasteiger charge is -2.42. The smallest absolute Gasteiger partial charge is 0.253 e. The Hall–Kier alpha value is -1.95. The number of benzene rings is 1. The molecule has 136 valence electrons. The maximum atomic E-state index is 13.1. The van der Waals surface area contributed by atoms with Crippen LogP contribution >= 0.6 is 0 Å². The molecule has 0 aromatic heterocycles. The van der Waals surface area contributed by atoms with Gasteiger partial charge >= 0.3 is 0 Å². The van der Waals surface area contributed by atoms with Crippen LogP contribution in [0, 0.1) is 11.7 Å². The molecule has 2 amide bonds. The molecule has 5 nitrogen and oxygen atoms in total. The van der Waals surface area contributed by atoms with Crippen molar-refractivity contribution in [1.29, 1.82) is 0 Å². The van der Waals surface area contributed by atoms with Crippen LogP contribution in [0.4, 0.5) is 4.39 Å². The number of carbonyl (C=O) groups is 2. The summed E-state index contributed by atoms with van der Waals surface area (Å²) in [5.74, 6) is -0.479. The molecule has 1 N–H and O–H groups in total. The minimum Gasteiger partial charge on any atom is -0.338 e. The van der Waals surface area contributed by atoms with Crippen LogP contribution in [0.5, 0.6) is 0 Å². The lowest BCUT2D eigenvalue weighted by Crippen LogP contribution is -2.59. The number of nitrogens with one attached hydrogen (secondary N) is 1. The second-order valence-corrected chi connectivity index (χ2v) is 7.11. The molecule has 3 unspecified atom stereocenters. The van der Waals surface area contributed by atoms with E-state index in [0.717, 1.165) is 19.4 Å². The first-order valence-corrected chi connectivity index (χ1v) is 9.06. The van der Waals surface area contributed by atoms with Gasteiger partial charge in [0.25, 0.3) is 5.91 Å². The molecule has 3 rings (SSSR count).